The van der Waals surface area contributed by atoms with Crippen molar-refractivity contribution in [3.05, 3.63) is 36.2 Å². The zero-order chi connectivity index (χ0) is 14.9. The van der Waals surface area contributed by atoms with Crippen LogP contribution in [-0.2, 0) is 13.0 Å². The molecule has 0 amide bonds. The molecule has 21 heavy (non-hydrogen) atoms. The lowest BCUT2D eigenvalue weighted by atomic mass is 10.3. The number of nitrogens with one attached hydrogen (secondary N) is 2. The smallest absolute Gasteiger partial charge is 0.133 e. The Morgan fingerprint density at radius 3 is 2.52 bits per heavy atom. The van der Waals surface area contributed by atoms with Gasteiger partial charge in [-0.05, 0) is 18.9 Å². The predicted octanol–water partition coefficient (Wildman–Crippen LogP) is 2.65. The number of anilines is 2. The van der Waals surface area contributed by atoms with E-state index in [1.54, 1.807) is 12.5 Å². The molecule has 2 aromatic heterocycles. The Hall–Kier alpha value is -2.24. The van der Waals surface area contributed by atoms with Crippen molar-refractivity contribution < 1.29 is 0 Å². The van der Waals surface area contributed by atoms with E-state index in [1.165, 1.54) is 0 Å². The Balaban J connectivity index is 2.07. The third-order valence-electron chi connectivity index (χ3n) is 2.90. The largest absolute Gasteiger partial charge is 0.370 e. The first-order chi connectivity index (χ1) is 10.3. The fourth-order valence-electron chi connectivity index (χ4n) is 1.87. The molecule has 2 rings (SSSR count). The molecule has 0 bridgehead atoms. The first-order valence-electron chi connectivity index (χ1n) is 7.42. The summed E-state index contributed by atoms with van der Waals surface area (Å²) in [5, 5.41) is 6.61. The fraction of sp³-hybridized carbons (Fsp3) is 0.467. The molecule has 2 N–H and O–H groups in total. The normalized spacial score (nSPS) is 10.4. The highest BCUT2D eigenvalue weighted by Gasteiger charge is 2.04. The van der Waals surface area contributed by atoms with Gasteiger partial charge in [0.1, 0.15) is 23.8 Å². The monoisotopic (exact) mass is 286 g/mol. The van der Waals surface area contributed by atoms with Gasteiger partial charge in [0, 0.05) is 25.2 Å². The second kappa shape index (κ2) is 8.14. The molecule has 6 heteroatoms. The summed E-state index contributed by atoms with van der Waals surface area (Å²) in [6.45, 7) is 5.80. The van der Waals surface area contributed by atoms with Gasteiger partial charge in [-0.25, -0.2) is 19.9 Å². The SMILES string of the molecule is CCCNc1cc(NCc2ccncn2)nc(CCC)n1. The molecule has 112 valence electrons. The van der Waals surface area contributed by atoms with Crippen LogP contribution in [0.5, 0.6) is 0 Å². The number of hydrogen-bond donors (Lipinski definition) is 2. The summed E-state index contributed by atoms with van der Waals surface area (Å²) in [6.07, 6.45) is 6.26. The third-order valence-corrected chi connectivity index (χ3v) is 2.90. The van der Waals surface area contributed by atoms with E-state index in [0.29, 0.717) is 6.54 Å². The maximum Gasteiger partial charge on any atom is 0.133 e. The van der Waals surface area contributed by atoms with Crippen molar-refractivity contribution in [2.24, 2.45) is 0 Å². The van der Waals surface area contributed by atoms with Crippen molar-refractivity contribution in [1.82, 2.24) is 19.9 Å². The van der Waals surface area contributed by atoms with Crippen LogP contribution in [0.25, 0.3) is 0 Å². The molecule has 6 nitrogen and oxygen atoms in total. The first-order valence-corrected chi connectivity index (χ1v) is 7.42. The molecule has 0 unspecified atom stereocenters. The standard InChI is InChI=1S/C15H22N6/c1-3-5-13-20-14(17-7-4-2)9-15(21-13)18-10-12-6-8-16-11-19-12/h6,8-9,11H,3-5,7,10H2,1-2H3,(H2,17,18,20,21). The van der Waals surface area contributed by atoms with Crippen LogP contribution in [0.4, 0.5) is 11.6 Å². The minimum atomic E-state index is 0.623. The molecule has 0 saturated heterocycles. The minimum absolute atomic E-state index is 0.623. The highest BCUT2D eigenvalue weighted by molar-refractivity contribution is 5.47. The number of hydrogen-bond acceptors (Lipinski definition) is 6. The minimum Gasteiger partial charge on any atom is -0.370 e. The van der Waals surface area contributed by atoms with E-state index >= 15 is 0 Å². The molecule has 0 aliphatic heterocycles. The Bertz CT molecular complexity index is 543. The number of aromatic nitrogens is 4. The van der Waals surface area contributed by atoms with Gasteiger partial charge in [-0.3, -0.25) is 0 Å². The molecule has 0 atom stereocenters. The van der Waals surface area contributed by atoms with Crippen LogP contribution in [0.3, 0.4) is 0 Å². The quantitative estimate of drug-likeness (QED) is 0.777. The van der Waals surface area contributed by atoms with E-state index in [-0.39, 0.29) is 0 Å². The van der Waals surface area contributed by atoms with E-state index in [0.717, 1.165) is 49.0 Å². The van der Waals surface area contributed by atoms with Crippen molar-refractivity contribution in [1.29, 1.82) is 0 Å². The van der Waals surface area contributed by atoms with Gasteiger partial charge >= 0.3 is 0 Å². The number of nitrogens with zero attached hydrogens (tertiary/aromatic N) is 4. The summed E-state index contributed by atoms with van der Waals surface area (Å²) in [5.74, 6) is 2.56. The molecule has 0 aromatic carbocycles. The number of rotatable bonds is 8. The molecule has 2 aromatic rings. The van der Waals surface area contributed by atoms with Crippen LogP contribution in [0.1, 0.15) is 38.2 Å². The average molecular weight is 286 g/mol. The zero-order valence-electron chi connectivity index (χ0n) is 12.6. The van der Waals surface area contributed by atoms with Gasteiger partial charge in [0.05, 0.1) is 12.2 Å². The molecule has 0 spiro atoms. The Labute approximate surface area is 125 Å². The summed E-state index contributed by atoms with van der Waals surface area (Å²) in [6, 6.07) is 3.83. The van der Waals surface area contributed by atoms with Crippen LogP contribution in [0.15, 0.2) is 24.7 Å². The van der Waals surface area contributed by atoms with E-state index < -0.39 is 0 Å². The van der Waals surface area contributed by atoms with Gasteiger partial charge < -0.3 is 10.6 Å². The van der Waals surface area contributed by atoms with Crippen molar-refractivity contribution in [3.63, 3.8) is 0 Å². The van der Waals surface area contributed by atoms with Gasteiger partial charge in [-0.1, -0.05) is 13.8 Å². The van der Waals surface area contributed by atoms with Crippen LogP contribution in [-0.4, -0.2) is 26.5 Å². The topological polar surface area (TPSA) is 75.6 Å². The van der Waals surface area contributed by atoms with Crippen LogP contribution in [0, 0.1) is 0 Å². The van der Waals surface area contributed by atoms with Gasteiger partial charge in [-0.15, -0.1) is 0 Å². The second-order valence-electron chi connectivity index (χ2n) is 4.79. The van der Waals surface area contributed by atoms with Gasteiger partial charge in [-0.2, -0.15) is 0 Å². The van der Waals surface area contributed by atoms with Crippen molar-refractivity contribution >= 4 is 11.6 Å². The zero-order valence-corrected chi connectivity index (χ0v) is 12.6. The van der Waals surface area contributed by atoms with E-state index in [2.05, 4.69) is 44.4 Å². The third kappa shape index (κ3) is 4.98. The van der Waals surface area contributed by atoms with E-state index in [4.69, 9.17) is 0 Å². The molecular weight excluding hydrogens is 264 g/mol. The first kappa shape index (κ1) is 15.2. The van der Waals surface area contributed by atoms with Crippen LogP contribution >= 0.6 is 0 Å². The van der Waals surface area contributed by atoms with Crippen molar-refractivity contribution in [2.75, 3.05) is 17.2 Å². The maximum atomic E-state index is 4.54. The summed E-state index contributed by atoms with van der Waals surface area (Å²) in [7, 11) is 0. The van der Waals surface area contributed by atoms with Crippen LogP contribution in [0.2, 0.25) is 0 Å². The van der Waals surface area contributed by atoms with Crippen molar-refractivity contribution in [2.45, 2.75) is 39.7 Å². The molecular formula is C15H22N6. The Morgan fingerprint density at radius 2 is 1.86 bits per heavy atom. The van der Waals surface area contributed by atoms with E-state index in [1.807, 2.05) is 12.1 Å². The molecule has 0 aliphatic rings. The fourth-order valence-corrected chi connectivity index (χ4v) is 1.87. The second-order valence-corrected chi connectivity index (χ2v) is 4.79. The lowest BCUT2D eigenvalue weighted by Gasteiger charge is -2.10. The summed E-state index contributed by atoms with van der Waals surface area (Å²) < 4.78 is 0. The molecule has 0 radical (unpaired) electrons. The van der Waals surface area contributed by atoms with Crippen LogP contribution < -0.4 is 10.6 Å². The Morgan fingerprint density at radius 1 is 1.05 bits per heavy atom. The van der Waals surface area contributed by atoms with Gasteiger partial charge in [0.25, 0.3) is 0 Å². The lowest BCUT2D eigenvalue weighted by molar-refractivity contribution is 0.830. The molecule has 0 fully saturated rings. The summed E-state index contributed by atoms with van der Waals surface area (Å²) in [5.41, 5.74) is 0.934. The Kier molecular flexibility index (Phi) is 5.87. The van der Waals surface area contributed by atoms with Gasteiger partial charge in [0.2, 0.25) is 0 Å². The molecule has 2 heterocycles. The predicted molar refractivity (Wildman–Crippen MR) is 84.2 cm³/mol. The summed E-state index contributed by atoms with van der Waals surface area (Å²) >= 11 is 0. The molecule has 0 aliphatic carbocycles. The lowest BCUT2D eigenvalue weighted by Crippen LogP contribution is -2.09. The average Bonchev–Trinajstić information content (AvgIpc) is 2.52. The number of aryl methyl sites for hydroxylation is 1. The highest BCUT2D eigenvalue weighted by atomic mass is 15.1. The highest BCUT2D eigenvalue weighted by Crippen LogP contribution is 2.13. The van der Waals surface area contributed by atoms with Gasteiger partial charge in [0.15, 0.2) is 0 Å². The molecule has 0 saturated carbocycles. The van der Waals surface area contributed by atoms with E-state index in [9.17, 15) is 0 Å². The van der Waals surface area contributed by atoms with Crippen molar-refractivity contribution in [3.8, 4) is 0 Å². The summed E-state index contributed by atoms with van der Waals surface area (Å²) in [4.78, 5) is 17.2. The maximum absolute atomic E-state index is 4.54.